The molecule has 0 bridgehead atoms. The van der Waals surface area contributed by atoms with Gasteiger partial charge in [-0.2, -0.15) is 13.2 Å². The second-order valence-corrected chi connectivity index (χ2v) is 3.42. The molecule has 100 valence electrons. The highest BCUT2D eigenvalue weighted by molar-refractivity contribution is 5.93. The third-order valence-corrected chi connectivity index (χ3v) is 2.04. The zero-order valence-electron chi connectivity index (χ0n) is 9.82. The summed E-state index contributed by atoms with van der Waals surface area (Å²) >= 11 is 0. The molecule has 18 heavy (non-hydrogen) atoms. The summed E-state index contributed by atoms with van der Waals surface area (Å²) in [6.45, 7) is -1.40. The fraction of sp³-hybridized carbons (Fsp3) is 0.364. The molecule has 0 saturated heterocycles. The maximum atomic E-state index is 12.0. The Bertz CT molecular complexity index is 420. The highest BCUT2D eigenvalue weighted by Gasteiger charge is 2.28. The molecule has 0 heterocycles. The number of carbonyl (C=O) groups excluding carboxylic acids is 1. The average Bonchev–Trinajstić information content (AvgIpc) is 2.34. The van der Waals surface area contributed by atoms with Gasteiger partial charge in [-0.3, -0.25) is 9.63 Å². The van der Waals surface area contributed by atoms with Gasteiger partial charge in [-0.1, -0.05) is 6.07 Å². The van der Waals surface area contributed by atoms with E-state index >= 15 is 0 Å². The lowest BCUT2D eigenvalue weighted by Gasteiger charge is -2.14. The highest BCUT2D eigenvalue weighted by atomic mass is 19.4. The number of alkyl halides is 3. The summed E-state index contributed by atoms with van der Waals surface area (Å²) in [5, 5.41) is 0.961. The number of halogens is 3. The van der Waals surface area contributed by atoms with E-state index in [4.69, 9.17) is 0 Å². The predicted molar refractivity (Wildman–Crippen MR) is 57.1 cm³/mol. The molecule has 0 radical (unpaired) electrons. The van der Waals surface area contributed by atoms with Crippen molar-refractivity contribution in [1.82, 2.24) is 5.06 Å². The van der Waals surface area contributed by atoms with Gasteiger partial charge in [-0.25, -0.2) is 5.06 Å². The van der Waals surface area contributed by atoms with Crippen LogP contribution in [0.1, 0.15) is 10.4 Å². The standard InChI is InChI=1S/C11H12F3NO3/c1-15(17-2)10(16)8-4-3-5-9(6-8)18-7-11(12,13)14/h3-6H,7H2,1-2H3. The third kappa shape index (κ3) is 4.25. The molecule has 0 aliphatic heterocycles. The van der Waals surface area contributed by atoms with Crippen LogP contribution in [0, 0.1) is 0 Å². The van der Waals surface area contributed by atoms with Crippen molar-refractivity contribution in [2.24, 2.45) is 0 Å². The topological polar surface area (TPSA) is 38.8 Å². The summed E-state index contributed by atoms with van der Waals surface area (Å²) in [5.74, 6) is -0.502. The molecule has 0 unspecified atom stereocenters. The van der Waals surface area contributed by atoms with Gasteiger partial charge in [0, 0.05) is 12.6 Å². The fourth-order valence-corrected chi connectivity index (χ4v) is 1.15. The molecular formula is C11H12F3NO3. The molecule has 1 aromatic rings. The molecule has 4 nitrogen and oxygen atoms in total. The fourth-order valence-electron chi connectivity index (χ4n) is 1.15. The van der Waals surface area contributed by atoms with E-state index in [0.717, 1.165) is 5.06 Å². The van der Waals surface area contributed by atoms with Crippen molar-refractivity contribution in [3.05, 3.63) is 29.8 Å². The van der Waals surface area contributed by atoms with Gasteiger partial charge in [0.25, 0.3) is 5.91 Å². The summed E-state index contributed by atoms with van der Waals surface area (Å²) < 4.78 is 40.4. The monoisotopic (exact) mass is 263 g/mol. The Balaban J connectivity index is 2.76. The minimum Gasteiger partial charge on any atom is -0.484 e. The normalized spacial score (nSPS) is 11.2. The van der Waals surface area contributed by atoms with E-state index in [1.165, 1.54) is 38.4 Å². The van der Waals surface area contributed by atoms with E-state index in [1.54, 1.807) is 0 Å². The van der Waals surface area contributed by atoms with Crippen molar-refractivity contribution in [3.8, 4) is 5.75 Å². The first-order valence-corrected chi connectivity index (χ1v) is 4.95. The van der Waals surface area contributed by atoms with Crippen LogP contribution in [0.25, 0.3) is 0 Å². The minimum absolute atomic E-state index is 0.0253. The number of amides is 1. The maximum Gasteiger partial charge on any atom is 0.422 e. The van der Waals surface area contributed by atoms with Crippen molar-refractivity contribution in [3.63, 3.8) is 0 Å². The molecule has 0 aliphatic rings. The zero-order valence-corrected chi connectivity index (χ0v) is 9.82. The smallest absolute Gasteiger partial charge is 0.422 e. The molecule has 1 amide bonds. The number of hydroxylamine groups is 2. The minimum atomic E-state index is -4.41. The molecule has 0 atom stereocenters. The summed E-state index contributed by atoms with van der Waals surface area (Å²) in [6.07, 6.45) is -4.41. The highest BCUT2D eigenvalue weighted by Crippen LogP contribution is 2.19. The Morgan fingerprint density at radius 1 is 1.39 bits per heavy atom. The Morgan fingerprint density at radius 2 is 2.06 bits per heavy atom. The second-order valence-electron chi connectivity index (χ2n) is 3.42. The molecule has 0 N–H and O–H groups in total. The van der Waals surface area contributed by atoms with Crippen molar-refractivity contribution >= 4 is 5.91 Å². The first-order chi connectivity index (χ1) is 8.33. The van der Waals surface area contributed by atoms with Crippen LogP contribution in [-0.4, -0.2) is 37.9 Å². The number of hydrogen-bond acceptors (Lipinski definition) is 3. The van der Waals surface area contributed by atoms with E-state index in [9.17, 15) is 18.0 Å². The summed E-state index contributed by atoms with van der Waals surface area (Å²) in [4.78, 5) is 16.3. The lowest BCUT2D eigenvalue weighted by atomic mass is 10.2. The van der Waals surface area contributed by atoms with Crippen LogP contribution in [0.15, 0.2) is 24.3 Å². The number of nitrogens with zero attached hydrogens (tertiary/aromatic N) is 1. The first kappa shape index (κ1) is 14.3. The summed E-state index contributed by atoms with van der Waals surface area (Å²) in [7, 11) is 2.70. The van der Waals surface area contributed by atoms with Crippen molar-refractivity contribution < 1.29 is 27.5 Å². The predicted octanol–water partition coefficient (Wildman–Crippen LogP) is 2.26. The van der Waals surface area contributed by atoms with Crippen LogP contribution in [-0.2, 0) is 4.84 Å². The van der Waals surface area contributed by atoms with E-state index in [-0.39, 0.29) is 11.3 Å². The average molecular weight is 263 g/mol. The van der Waals surface area contributed by atoms with Gasteiger partial charge in [0.1, 0.15) is 5.75 Å². The van der Waals surface area contributed by atoms with Gasteiger partial charge in [0.2, 0.25) is 0 Å². The molecule has 0 spiro atoms. The maximum absolute atomic E-state index is 12.0. The van der Waals surface area contributed by atoms with E-state index in [2.05, 4.69) is 9.57 Å². The number of benzene rings is 1. The Kier molecular flexibility index (Phi) is 4.55. The van der Waals surface area contributed by atoms with Gasteiger partial charge < -0.3 is 4.74 Å². The van der Waals surface area contributed by atoms with Gasteiger partial charge in [-0.05, 0) is 18.2 Å². The number of ether oxygens (including phenoxy) is 1. The van der Waals surface area contributed by atoms with E-state index in [1.807, 2.05) is 0 Å². The Hall–Kier alpha value is -1.76. The summed E-state index contributed by atoms with van der Waals surface area (Å²) in [6, 6.07) is 5.46. The number of hydrogen-bond donors (Lipinski definition) is 0. The summed E-state index contributed by atoms with van der Waals surface area (Å²) in [5.41, 5.74) is 0.180. The lowest BCUT2D eigenvalue weighted by molar-refractivity contribution is -0.153. The molecule has 0 fully saturated rings. The quantitative estimate of drug-likeness (QED) is 0.782. The van der Waals surface area contributed by atoms with Crippen molar-refractivity contribution in [2.75, 3.05) is 20.8 Å². The van der Waals surface area contributed by atoms with Crippen LogP contribution in [0.2, 0.25) is 0 Å². The zero-order chi connectivity index (χ0) is 13.8. The number of carbonyl (C=O) groups is 1. The second kappa shape index (κ2) is 5.72. The van der Waals surface area contributed by atoms with Crippen LogP contribution in [0.4, 0.5) is 13.2 Å². The van der Waals surface area contributed by atoms with Crippen molar-refractivity contribution in [2.45, 2.75) is 6.18 Å². The van der Waals surface area contributed by atoms with Crippen LogP contribution in [0.5, 0.6) is 5.75 Å². The van der Waals surface area contributed by atoms with Crippen molar-refractivity contribution in [1.29, 1.82) is 0 Å². The van der Waals surface area contributed by atoms with Gasteiger partial charge in [-0.15, -0.1) is 0 Å². The molecule has 0 aromatic heterocycles. The Morgan fingerprint density at radius 3 is 2.61 bits per heavy atom. The molecule has 0 saturated carbocycles. The van der Waals surface area contributed by atoms with Gasteiger partial charge in [0.15, 0.2) is 6.61 Å². The van der Waals surface area contributed by atoms with Crippen LogP contribution < -0.4 is 4.74 Å². The van der Waals surface area contributed by atoms with E-state index < -0.39 is 18.7 Å². The molecule has 1 rings (SSSR count). The van der Waals surface area contributed by atoms with Gasteiger partial charge in [0.05, 0.1) is 7.11 Å². The van der Waals surface area contributed by atoms with Crippen LogP contribution in [0.3, 0.4) is 0 Å². The van der Waals surface area contributed by atoms with E-state index in [0.29, 0.717) is 0 Å². The number of rotatable bonds is 4. The molecule has 7 heteroatoms. The first-order valence-electron chi connectivity index (χ1n) is 4.95. The molecule has 0 aliphatic carbocycles. The van der Waals surface area contributed by atoms with Crippen LogP contribution >= 0.6 is 0 Å². The Labute approximate surface area is 102 Å². The molecule has 1 aromatic carbocycles. The van der Waals surface area contributed by atoms with Gasteiger partial charge >= 0.3 is 6.18 Å². The largest absolute Gasteiger partial charge is 0.484 e. The molecular weight excluding hydrogens is 251 g/mol. The third-order valence-electron chi connectivity index (χ3n) is 2.04. The SMILES string of the molecule is CON(C)C(=O)c1cccc(OCC(F)(F)F)c1. The lowest BCUT2D eigenvalue weighted by Crippen LogP contribution is -2.25.